The molecule has 1 amide bonds. The lowest BCUT2D eigenvalue weighted by Crippen LogP contribution is -2.39. The molecule has 2 fully saturated rings. The number of amides is 1. The van der Waals surface area contributed by atoms with Crippen molar-refractivity contribution in [2.24, 2.45) is 17.6 Å². The lowest BCUT2D eigenvalue weighted by atomic mass is 9.98. The SMILES string of the molecule is CC(C1CCCC1)N1CC(CN)CC1=O. The van der Waals surface area contributed by atoms with Crippen LogP contribution in [0.5, 0.6) is 0 Å². The summed E-state index contributed by atoms with van der Waals surface area (Å²) >= 11 is 0. The van der Waals surface area contributed by atoms with Gasteiger partial charge in [-0.1, -0.05) is 12.8 Å². The lowest BCUT2D eigenvalue weighted by molar-refractivity contribution is -0.130. The van der Waals surface area contributed by atoms with Crippen LogP contribution in [0.25, 0.3) is 0 Å². The molecule has 0 spiro atoms. The smallest absolute Gasteiger partial charge is 0.223 e. The van der Waals surface area contributed by atoms with Gasteiger partial charge in [0.15, 0.2) is 0 Å². The Kier molecular flexibility index (Phi) is 3.29. The summed E-state index contributed by atoms with van der Waals surface area (Å²) in [5.74, 6) is 1.47. The van der Waals surface area contributed by atoms with Crippen LogP contribution >= 0.6 is 0 Å². The van der Waals surface area contributed by atoms with Gasteiger partial charge in [0, 0.05) is 19.0 Å². The normalized spacial score (nSPS) is 30.1. The zero-order valence-electron chi connectivity index (χ0n) is 9.61. The quantitative estimate of drug-likeness (QED) is 0.764. The van der Waals surface area contributed by atoms with Gasteiger partial charge in [-0.15, -0.1) is 0 Å². The molecule has 3 nitrogen and oxygen atoms in total. The fraction of sp³-hybridized carbons (Fsp3) is 0.917. The topological polar surface area (TPSA) is 46.3 Å². The Labute approximate surface area is 92.0 Å². The molecule has 1 saturated carbocycles. The maximum Gasteiger partial charge on any atom is 0.223 e. The Morgan fingerprint density at radius 2 is 2.13 bits per heavy atom. The molecule has 15 heavy (non-hydrogen) atoms. The minimum absolute atomic E-state index is 0.324. The van der Waals surface area contributed by atoms with Gasteiger partial charge in [0.25, 0.3) is 0 Å². The number of hydrogen-bond donors (Lipinski definition) is 1. The molecule has 1 saturated heterocycles. The molecule has 0 aromatic carbocycles. The molecule has 2 aliphatic rings. The van der Waals surface area contributed by atoms with E-state index in [1.807, 2.05) is 0 Å². The average molecular weight is 210 g/mol. The predicted octanol–water partition coefficient (Wildman–Crippen LogP) is 1.37. The highest BCUT2D eigenvalue weighted by molar-refractivity contribution is 5.79. The third kappa shape index (κ3) is 2.17. The van der Waals surface area contributed by atoms with E-state index in [0.29, 0.717) is 30.8 Å². The molecule has 2 unspecified atom stereocenters. The van der Waals surface area contributed by atoms with E-state index in [1.165, 1.54) is 25.7 Å². The number of nitrogens with zero attached hydrogens (tertiary/aromatic N) is 1. The molecule has 3 heteroatoms. The Balaban J connectivity index is 1.94. The summed E-state index contributed by atoms with van der Waals surface area (Å²) in [6.45, 7) is 3.76. The van der Waals surface area contributed by atoms with Gasteiger partial charge in [0.05, 0.1) is 0 Å². The van der Waals surface area contributed by atoms with Crippen molar-refractivity contribution >= 4 is 5.91 Å². The van der Waals surface area contributed by atoms with Gasteiger partial charge in [0.2, 0.25) is 5.91 Å². The van der Waals surface area contributed by atoms with Gasteiger partial charge in [-0.05, 0) is 38.1 Å². The van der Waals surface area contributed by atoms with Crippen LogP contribution in [0.2, 0.25) is 0 Å². The molecule has 0 bridgehead atoms. The standard InChI is InChI=1S/C12H22N2O/c1-9(11-4-2-3-5-11)14-8-10(7-13)6-12(14)15/h9-11H,2-8,13H2,1H3. The van der Waals surface area contributed by atoms with Crippen LogP contribution in [-0.2, 0) is 4.79 Å². The van der Waals surface area contributed by atoms with E-state index in [2.05, 4.69) is 11.8 Å². The Morgan fingerprint density at radius 1 is 1.47 bits per heavy atom. The van der Waals surface area contributed by atoms with Gasteiger partial charge >= 0.3 is 0 Å². The maximum atomic E-state index is 11.8. The summed E-state index contributed by atoms with van der Waals surface area (Å²) in [4.78, 5) is 13.9. The van der Waals surface area contributed by atoms with E-state index in [-0.39, 0.29) is 0 Å². The molecule has 2 atom stereocenters. The summed E-state index contributed by atoms with van der Waals surface area (Å²) in [6, 6.07) is 0.441. The predicted molar refractivity (Wildman–Crippen MR) is 60.3 cm³/mol. The number of carbonyl (C=O) groups is 1. The first-order valence-electron chi connectivity index (χ1n) is 6.22. The van der Waals surface area contributed by atoms with E-state index in [9.17, 15) is 4.79 Å². The van der Waals surface area contributed by atoms with Crippen LogP contribution < -0.4 is 5.73 Å². The molecule has 0 aromatic rings. The van der Waals surface area contributed by atoms with Gasteiger partial charge in [-0.3, -0.25) is 4.79 Å². The van der Waals surface area contributed by atoms with Crippen LogP contribution in [-0.4, -0.2) is 29.9 Å². The van der Waals surface area contributed by atoms with Gasteiger partial charge in [-0.2, -0.15) is 0 Å². The fourth-order valence-corrected chi connectivity index (χ4v) is 3.05. The Morgan fingerprint density at radius 3 is 2.67 bits per heavy atom. The first-order valence-corrected chi connectivity index (χ1v) is 6.22. The van der Waals surface area contributed by atoms with Crippen molar-refractivity contribution in [1.29, 1.82) is 0 Å². The van der Waals surface area contributed by atoms with Crippen LogP contribution in [0.3, 0.4) is 0 Å². The second kappa shape index (κ2) is 4.52. The lowest BCUT2D eigenvalue weighted by Gasteiger charge is -2.29. The van der Waals surface area contributed by atoms with Crippen LogP contribution in [0.15, 0.2) is 0 Å². The summed E-state index contributed by atoms with van der Waals surface area (Å²) < 4.78 is 0. The van der Waals surface area contributed by atoms with E-state index in [4.69, 9.17) is 5.73 Å². The largest absolute Gasteiger partial charge is 0.339 e. The Bertz CT molecular complexity index is 236. The average Bonchev–Trinajstić information content (AvgIpc) is 2.85. The molecule has 86 valence electrons. The first kappa shape index (κ1) is 10.9. The van der Waals surface area contributed by atoms with Crippen LogP contribution in [0, 0.1) is 11.8 Å². The third-order valence-corrected chi connectivity index (χ3v) is 4.15. The van der Waals surface area contributed by atoms with Crippen molar-refractivity contribution in [2.45, 2.75) is 45.1 Å². The van der Waals surface area contributed by atoms with Crippen LogP contribution in [0.4, 0.5) is 0 Å². The number of carbonyl (C=O) groups excluding carboxylic acids is 1. The molecule has 1 aliphatic heterocycles. The molecular weight excluding hydrogens is 188 g/mol. The Hall–Kier alpha value is -0.570. The second-order valence-electron chi connectivity index (χ2n) is 5.14. The van der Waals surface area contributed by atoms with E-state index in [1.54, 1.807) is 0 Å². The number of likely N-dealkylation sites (tertiary alicyclic amines) is 1. The summed E-state index contributed by atoms with van der Waals surface area (Å²) in [6.07, 6.45) is 5.97. The highest BCUT2D eigenvalue weighted by Gasteiger charge is 2.35. The number of nitrogens with two attached hydrogens (primary N) is 1. The van der Waals surface area contributed by atoms with E-state index < -0.39 is 0 Å². The molecule has 0 aromatic heterocycles. The zero-order valence-corrected chi connectivity index (χ0v) is 9.61. The van der Waals surface area contributed by atoms with E-state index >= 15 is 0 Å². The third-order valence-electron chi connectivity index (χ3n) is 4.15. The minimum Gasteiger partial charge on any atom is -0.339 e. The summed E-state index contributed by atoms with van der Waals surface area (Å²) in [7, 11) is 0. The van der Waals surface area contributed by atoms with Crippen molar-refractivity contribution in [3.05, 3.63) is 0 Å². The second-order valence-corrected chi connectivity index (χ2v) is 5.14. The van der Waals surface area contributed by atoms with Gasteiger partial charge in [0.1, 0.15) is 0 Å². The first-order chi connectivity index (χ1) is 7.22. The number of hydrogen-bond acceptors (Lipinski definition) is 2. The molecule has 0 radical (unpaired) electrons. The van der Waals surface area contributed by atoms with Crippen LogP contribution in [0.1, 0.15) is 39.0 Å². The summed E-state index contributed by atoms with van der Waals surface area (Å²) in [5, 5.41) is 0. The summed E-state index contributed by atoms with van der Waals surface area (Å²) in [5.41, 5.74) is 5.63. The zero-order chi connectivity index (χ0) is 10.8. The van der Waals surface area contributed by atoms with Crippen molar-refractivity contribution in [3.63, 3.8) is 0 Å². The minimum atomic E-state index is 0.324. The molecular formula is C12H22N2O. The van der Waals surface area contributed by atoms with Gasteiger partial charge < -0.3 is 10.6 Å². The highest BCUT2D eigenvalue weighted by Crippen LogP contribution is 2.32. The van der Waals surface area contributed by atoms with Crippen molar-refractivity contribution in [3.8, 4) is 0 Å². The maximum absolute atomic E-state index is 11.8. The molecule has 1 aliphatic carbocycles. The fourth-order valence-electron chi connectivity index (χ4n) is 3.05. The highest BCUT2D eigenvalue weighted by atomic mass is 16.2. The number of rotatable bonds is 3. The monoisotopic (exact) mass is 210 g/mol. The molecule has 2 N–H and O–H groups in total. The van der Waals surface area contributed by atoms with E-state index in [0.717, 1.165) is 12.5 Å². The van der Waals surface area contributed by atoms with Crippen molar-refractivity contribution in [2.75, 3.05) is 13.1 Å². The van der Waals surface area contributed by atoms with Gasteiger partial charge in [-0.25, -0.2) is 0 Å². The molecule has 1 heterocycles. The van der Waals surface area contributed by atoms with Crippen molar-refractivity contribution in [1.82, 2.24) is 4.90 Å². The molecule has 2 rings (SSSR count). The van der Waals surface area contributed by atoms with Crippen molar-refractivity contribution < 1.29 is 4.79 Å².